The van der Waals surface area contributed by atoms with E-state index in [-0.39, 0.29) is 29.2 Å². The molecule has 0 bridgehead atoms. The van der Waals surface area contributed by atoms with Gasteiger partial charge in [0.1, 0.15) is 23.0 Å². The topological polar surface area (TPSA) is 59.8 Å². The normalized spacial score (nSPS) is 21.5. The molecule has 0 amide bonds. The summed E-state index contributed by atoms with van der Waals surface area (Å²) in [5, 5.41) is 3.28. The Balaban J connectivity index is 1.80. The number of fused-ring (bicyclic) bond motifs is 1. The second-order valence-electron chi connectivity index (χ2n) is 8.76. The van der Waals surface area contributed by atoms with Crippen molar-refractivity contribution in [2.75, 3.05) is 5.32 Å². The third-order valence-electron chi connectivity index (χ3n) is 6.32. The average molecular weight is 466 g/mol. The van der Waals surface area contributed by atoms with Crippen molar-refractivity contribution in [3.05, 3.63) is 63.6 Å². The summed E-state index contributed by atoms with van der Waals surface area (Å²) in [5.41, 5.74) is -2.69. The number of halogens is 5. The second-order valence-corrected chi connectivity index (χ2v) is 8.76. The van der Waals surface area contributed by atoms with Crippen molar-refractivity contribution < 1.29 is 22.0 Å². The molecule has 3 aromatic rings. The average Bonchev–Trinajstić information content (AvgIpc) is 3.38. The second kappa shape index (κ2) is 7.78. The maximum absolute atomic E-state index is 14.8. The summed E-state index contributed by atoms with van der Waals surface area (Å²) in [4.78, 5) is 21.2. The minimum Gasteiger partial charge on any atom is -0.363 e. The van der Waals surface area contributed by atoms with E-state index in [0.29, 0.717) is 18.1 Å². The van der Waals surface area contributed by atoms with Gasteiger partial charge in [0.05, 0.1) is 22.5 Å². The van der Waals surface area contributed by atoms with Gasteiger partial charge in [0, 0.05) is 24.8 Å². The van der Waals surface area contributed by atoms with Gasteiger partial charge in [-0.15, -0.1) is 0 Å². The molecule has 4 rings (SSSR count). The number of benzene rings is 1. The molecule has 0 spiro atoms. The number of aromatic nitrogens is 3. The standard InChI is InChI=1S/C23H23F5N4O/c1-11-9-23(11,21(25)26)32-10-15-17(8-18(32)33)30-13(3)31-20(15)29-12(2)14-6-5-7-16(19(14)24)22(4,27)28/h5-8,10-12,21H,9H2,1-4H3,(H,29,30,31)/t11?,12-,23?/m1/s1. The van der Waals surface area contributed by atoms with E-state index in [1.807, 2.05) is 0 Å². The Labute approximate surface area is 186 Å². The first kappa shape index (κ1) is 23.1. The molecule has 2 heterocycles. The predicted octanol–water partition coefficient (Wildman–Crippen LogP) is 5.52. The first-order valence-electron chi connectivity index (χ1n) is 10.5. The zero-order valence-electron chi connectivity index (χ0n) is 18.5. The van der Waals surface area contributed by atoms with Gasteiger partial charge < -0.3 is 9.88 Å². The lowest BCUT2D eigenvalue weighted by Gasteiger charge is -2.22. The van der Waals surface area contributed by atoms with E-state index in [2.05, 4.69) is 15.3 Å². The molecule has 2 unspecified atom stereocenters. The van der Waals surface area contributed by atoms with Crippen molar-refractivity contribution in [2.24, 2.45) is 5.92 Å². The van der Waals surface area contributed by atoms with Gasteiger partial charge in [-0.05, 0) is 26.2 Å². The fraction of sp³-hybridized carbons (Fsp3) is 0.435. The van der Waals surface area contributed by atoms with Gasteiger partial charge in [-0.3, -0.25) is 4.79 Å². The van der Waals surface area contributed by atoms with Gasteiger partial charge >= 0.3 is 0 Å². The molecule has 1 N–H and O–H groups in total. The minimum absolute atomic E-state index is 0.00775. The molecule has 3 atom stereocenters. The van der Waals surface area contributed by atoms with Gasteiger partial charge in [-0.2, -0.15) is 0 Å². The summed E-state index contributed by atoms with van der Waals surface area (Å²) >= 11 is 0. The fourth-order valence-electron chi connectivity index (χ4n) is 4.34. The van der Waals surface area contributed by atoms with Gasteiger partial charge in [0.2, 0.25) is 0 Å². The van der Waals surface area contributed by atoms with Gasteiger partial charge in [0.25, 0.3) is 17.9 Å². The van der Waals surface area contributed by atoms with Gasteiger partial charge in [-0.1, -0.05) is 25.1 Å². The van der Waals surface area contributed by atoms with E-state index in [9.17, 15) is 26.7 Å². The van der Waals surface area contributed by atoms with Crippen molar-refractivity contribution in [1.29, 1.82) is 0 Å². The fourth-order valence-corrected chi connectivity index (χ4v) is 4.34. The van der Waals surface area contributed by atoms with Crippen LogP contribution in [-0.2, 0) is 11.5 Å². The molecule has 1 saturated carbocycles. The Kier molecular flexibility index (Phi) is 5.45. The number of anilines is 1. The van der Waals surface area contributed by atoms with E-state index in [1.54, 1.807) is 20.8 Å². The summed E-state index contributed by atoms with van der Waals surface area (Å²) in [6.07, 6.45) is -1.28. The summed E-state index contributed by atoms with van der Waals surface area (Å²) in [5.74, 6) is -4.31. The molecule has 1 aromatic carbocycles. The number of alkyl halides is 4. The highest BCUT2D eigenvalue weighted by Gasteiger charge is 2.60. The number of hydrogen-bond acceptors (Lipinski definition) is 4. The van der Waals surface area contributed by atoms with Gasteiger partial charge in [-0.25, -0.2) is 31.9 Å². The molecule has 1 aliphatic rings. The van der Waals surface area contributed by atoms with Crippen LogP contribution in [0.1, 0.15) is 50.2 Å². The van der Waals surface area contributed by atoms with Crippen LogP contribution in [0.15, 0.2) is 35.3 Å². The van der Waals surface area contributed by atoms with Crippen LogP contribution in [0.25, 0.3) is 10.9 Å². The van der Waals surface area contributed by atoms with Crippen molar-refractivity contribution in [3.8, 4) is 0 Å². The molecular formula is C23H23F5N4O. The summed E-state index contributed by atoms with van der Waals surface area (Å²) in [6.45, 7) is 5.42. The molecule has 1 aliphatic carbocycles. The number of hydrogen-bond donors (Lipinski definition) is 1. The van der Waals surface area contributed by atoms with Crippen LogP contribution in [0.5, 0.6) is 0 Å². The van der Waals surface area contributed by atoms with E-state index < -0.39 is 40.9 Å². The first-order valence-corrected chi connectivity index (χ1v) is 10.5. The molecule has 176 valence electrons. The largest absolute Gasteiger partial charge is 0.363 e. The highest BCUT2D eigenvalue weighted by Crippen LogP contribution is 2.53. The predicted molar refractivity (Wildman–Crippen MR) is 114 cm³/mol. The van der Waals surface area contributed by atoms with E-state index in [0.717, 1.165) is 10.6 Å². The van der Waals surface area contributed by atoms with Crippen molar-refractivity contribution in [3.63, 3.8) is 0 Å². The maximum atomic E-state index is 14.8. The van der Waals surface area contributed by atoms with Crippen LogP contribution in [0.4, 0.5) is 27.8 Å². The molecule has 10 heteroatoms. The number of rotatable bonds is 6. The summed E-state index contributed by atoms with van der Waals surface area (Å²) in [6, 6.07) is 4.12. The third-order valence-corrected chi connectivity index (χ3v) is 6.32. The number of nitrogens with zero attached hydrogens (tertiary/aromatic N) is 3. The minimum atomic E-state index is -3.36. The lowest BCUT2D eigenvalue weighted by molar-refractivity contribution is 0.0135. The third kappa shape index (κ3) is 3.85. The van der Waals surface area contributed by atoms with E-state index >= 15 is 0 Å². The van der Waals surface area contributed by atoms with Crippen LogP contribution < -0.4 is 10.9 Å². The SMILES string of the molecule is Cc1nc(N[C@H](C)c2cccc(C(C)(F)F)c2F)c2cn(C3(C(F)F)CC3C)c(=O)cc2n1. The van der Waals surface area contributed by atoms with Crippen molar-refractivity contribution in [2.45, 2.75) is 58.0 Å². The molecular weight excluding hydrogens is 443 g/mol. The molecule has 2 aromatic heterocycles. The maximum Gasteiger partial charge on any atom is 0.273 e. The number of nitrogens with one attached hydrogen (secondary N) is 1. The Bertz CT molecular complexity index is 1290. The van der Waals surface area contributed by atoms with Crippen LogP contribution in [-0.4, -0.2) is 21.0 Å². The first-order chi connectivity index (χ1) is 15.4. The lowest BCUT2D eigenvalue weighted by atomic mass is 10.0. The van der Waals surface area contributed by atoms with E-state index in [4.69, 9.17) is 0 Å². The number of pyridine rings is 1. The molecule has 0 saturated heterocycles. The Morgan fingerprint density at radius 1 is 1.27 bits per heavy atom. The van der Waals surface area contributed by atoms with Gasteiger partial charge in [0.15, 0.2) is 0 Å². The molecule has 0 aliphatic heterocycles. The Morgan fingerprint density at radius 2 is 1.94 bits per heavy atom. The summed E-state index contributed by atoms with van der Waals surface area (Å²) in [7, 11) is 0. The smallest absolute Gasteiger partial charge is 0.273 e. The van der Waals surface area contributed by atoms with Crippen molar-refractivity contribution >= 4 is 16.7 Å². The quantitative estimate of drug-likeness (QED) is 0.486. The van der Waals surface area contributed by atoms with Crippen molar-refractivity contribution in [1.82, 2.24) is 14.5 Å². The van der Waals surface area contributed by atoms with Crippen LogP contribution in [0.3, 0.4) is 0 Å². The highest BCUT2D eigenvalue weighted by molar-refractivity contribution is 5.88. The Morgan fingerprint density at radius 3 is 2.52 bits per heavy atom. The molecule has 1 fully saturated rings. The van der Waals surface area contributed by atoms with E-state index in [1.165, 1.54) is 24.4 Å². The van der Waals surface area contributed by atoms with Crippen LogP contribution in [0, 0.1) is 18.7 Å². The van der Waals surface area contributed by atoms with Crippen LogP contribution >= 0.6 is 0 Å². The Hall–Kier alpha value is -3.04. The molecule has 0 radical (unpaired) electrons. The molecule has 5 nitrogen and oxygen atoms in total. The molecule has 33 heavy (non-hydrogen) atoms. The highest BCUT2D eigenvalue weighted by atomic mass is 19.3. The zero-order chi connectivity index (χ0) is 24.3. The summed E-state index contributed by atoms with van der Waals surface area (Å²) < 4.78 is 71.1. The zero-order valence-corrected chi connectivity index (χ0v) is 18.5. The lowest BCUT2D eigenvalue weighted by Crippen LogP contribution is -2.36. The number of aryl methyl sites for hydroxylation is 1. The van der Waals surface area contributed by atoms with Crippen LogP contribution in [0.2, 0.25) is 0 Å². The monoisotopic (exact) mass is 466 g/mol.